The van der Waals surface area contributed by atoms with Crippen molar-refractivity contribution < 1.29 is 40.7 Å². The van der Waals surface area contributed by atoms with Gasteiger partial charge in [0.2, 0.25) is 5.91 Å². The van der Waals surface area contributed by atoms with Gasteiger partial charge < -0.3 is 9.64 Å². The van der Waals surface area contributed by atoms with Gasteiger partial charge >= 0.3 is 18.3 Å². The van der Waals surface area contributed by atoms with E-state index in [1.807, 2.05) is 0 Å². The summed E-state index contributed by atoms with van der Waals surface area (Å²) in [5, 5.41) is 3.77. The van der Waals surface area contributed by atoms with Gasteiger partial charge in [0, 0.05) is 18.5 Å². The van der Waals surface area contributed by atoms with Crippen molar-refractivity contribution in [3.8, 4) is 0 Å². The zero-order valence-corrected chi connectivity index (χ0v) is 20.9. The Morgan fingerprint density at radius 3 is 2.24 bits per heavy atom. The first-order valence-corrected chi connectivity index (χ1v) is 12.6. The molecule has 1 aliphatic carbocycles. The van der Waals surface area contributed by atoms with E-state index < -0.39 is 23.6 Å². The summed E-state index contributed by atoms with van der Waals surface area (Å²) in [7, 11) is 0. The first-order chi connectivity index (χ1) is 17.9. The Kier molecular flexibility index (Phi) is 8.08. The Hall–Kier alpha value is -3.05. The number of amides is 1. The summed E-state index contributed by atoms with van der Waals surface area (Å²) in [4.78, 5) is 26.5. The number of esters is 1. The summed E-state index contributed by atoms with van der Waals surface area (Å²) in [6, 6.07) is 4.18. The molecular weight excluding hydrogens is 516 g/mol. The summed E-state index contributed by atoms with van der Waals surface area (Å²) < 4.78 is 85.9. The van der Waals surface area contributed by atoms with Crippen LogP contribution in [0.2, 0.25) is 0 Å². The molecule has 1 amide bonds. The molecule has 0 spiro atoms. The largest absolute Gasteiger partial charge is 0.466 e. The molecule has 0 bridgehead atoms. The third-order valence-electron chi connectivity index (χ3n) is 7.30. The molecule has 0 atom stereocenters. The van der Waals surface area contributed by atoms with Crippen LogP contribution in [0.3, 0.4) is 0 Å². The monoisotopic (exact) mass is 545 g/mol. The van der Waals surface area contributed by atoms with E-state index in [0.717, 1.165) is 16.8 Å². The number of nitrogens with zero attached hydrogens (tertiary/aromatic N) is 3. The van der Waals surface area contributed by atoms with Gasteiger partial charge in [-0.1, -0.05) is 12.1 Å². The van der Waals surface area contributed by atoms with E-state index in [4.69, 9.17) is 4.74 Å². The molecule has 0 unspecified atom stereocenters. The minimum absolute atomic E-state index is 0.0153. The second kappa shape index (κ2) is 11.0. The van der Waals surface area contributed by atoms with E-state index >= 15 is 0 Å². The van der Waals surface area contributed by atoms with Gasteiger partial charge in [-0.05, 0) is 62.6 Å². The standard InChI is InChI=1S/C26H29F6N3O3/c1-2-38-24(37)18-7-3-16(4-8-18)13-22(36)34-12-11-20-21(15-34)35(33-23(20)26(30,31)32)14-17-5-9-19(10-6-17)25(27,28)29/h5-6,9-10,16,18H,2-4,7-8,11-15H2,1H3. The van der Waals surface area contributed by atoms with E-state index in [1.54, 1.807) is 6.92 Å². The number of carbonyl (C=O) groups excluding carboxylic acids is 2. The Morgan fingerprint density at radius 2 is 1.66 bits per heavy atom. The van der Waals surface area contributed by atoms with E-state index in [-0.39, 0.29) is 67.4 Å². The number of halogens is 6. The molecule has 0 saturated heterocycles. The van der Waals surface area contributed by atoms with Crippen molar-refractivity contribution in [1.82, 2.24) is 14.7 Å². The van der Waals surface area contributed by atoms with E-state index in [2.05, 4.69) is 5.10 Å². The van der Waals surface area contributed by atoms with Crippen molar-refractivity contribution in [3.63, 3.8) is 0 Å². The number of ether oxygens (including phenoxy) is 1. The topological polar surface area (TPSA) is 64.4 Å². The van der Waals surface area contributed by atoms with Crippen LogP contribution >= 0.6 is 0 Å². The van der Waals surface area contributed by atoms with Crippen LogP contribution in [-0.2, 0) is 46.2 Å². The van der Waals surface area contributed by atoms with Crippen molar-refractivity contribution in [1.29, 1.82) is 0 Å². The molecule has 1 aromatic heterocycles. The highest BCUT2D eigenvalue weighted by atomic mass is 19.4. The van der Waals surface area contributed by atoms with E-state index in [0.29, 0.717) is 37.9 Å². The predicted molar refractivity (Wildman–Crippen MR) is 124 cm³/mol. The maximum Gasteiger partial charge on any atom is 0.435 e. The second-order valence-electron chi connectivity index (χ2n) is 9.86. The fraction of sp³-hybridized carbons (Fsp3) is 0.577. The van der Waals surface area contributed by atoms with Gasteiger partial charge in [0.25, 0.3) is 0 Å². The lowest BCUT2D eigenvalue weighted by Crippen LogP contribution is -2.38. The maximum absolute atomic E-state index is 13.7. The number of benzene rings is 1. The summed E-state index contributed by atoms with van der Waals surface area (Å²) in [5.41, 5.74) is -1.26. The van der Waals surface area contributed by atoms with Crippen LogP contribution in [0.5, 0.6) is 0 Å². The molecule has 1 fully saturated rings. The minimum Gasteiger partial charge on any atom is -0.466 e. The second-order valence-corrected chi connectivity index (χ2v) is 9.86. The Bertz CT molecular complexity index is 1150. The number of alkyl halides is 6. The SMILES string of the molecule is CCOC(=O)C1CCC(CC(=O)N2CCc3c(C(F)(F)F)nn(Cc4ccc(C(F)(F)F)cc4)c3C2)CC1. The van der Waals surface area contributed by atoms with E-state index in [9.17, 15) is 35.9 Å². The smallest absolute Gasteiger partial charge is 0.435 e. The lowest BCUT2D eigenvalue weighted by atomic mass is 9.80. The van der Waals surface area contributed by atoms with Crippen molar-refractivity contribution in [2.45, 2.75) is 70.9 Å². The van der Waals surface area contributed by atoms with Crippen LogP contribution in [0.1, 0.15) is 67.1 Å². The van der Waals surface area contributed by atoms with Crippen LogP contribution in [-0.4, -0.2) is 39.7 Å². The number of hydrogen-bond donors (Lipinski definition) is 0. The molecule has 1 aromatic carbocycles. The summed E-state index contributed by atoms with van der Waals surface area (Å²) in [6.07, 6.45) is -6.34. The number of hydrogen-bond acceptors (Lipinski definition) is 4. The zero-order valence-electron chi connectivity index (χ0n) is 20.9. The average molecular weight is 546 g/mol. The number of aromatic nitrogens is 2. The molecule has 6 nitrogen and oxygen atoms in total. The van der Waals surface area contributed by atoms with Crippen molar-refractivity contribution >= 4 is 11.9 Å². The van der Waals surface area contributed by atoms with Gasteiger partial charge in [0.05, 0.1) is 36.9 Å². The highest BCUT2D eigenvalue weighted by molar-refractivity contribution is 5.77. The molecular formula is C26H29F6N3O3. The lowest BCUT2D eigenvalue weighted by molar-refractivity contribution is -0.149. The fourth-order valence-electron chi connectivity index (χ4n) is 5.26. The summed E-state index contributed by atoms with van der Waals surface area (Å²) >= 11 is 0. The zero-order chi connectivity index (χ0) is 27.7. The third-order valence-corrected chi connectivity index (χ3v) is 7.30. The summed E-state index contributed by atoms with van der Waals surface area (Å²) in [5.74, 6) is -0.481. The predicted octanol–water partition coefficient (Wildman–Crippen LogP) is 5.61. The highest BCUT2D eigenvalue weighted by Gasteiger charge is 2.41. The van der Waals surface area contributed by atoms with Crippen LogP contribution in [0.4, 0.5) is 26.3 Å². The van der Waals surface area contributed by atoms with Crippen LogP contribution in [0, 0.1) is 11.8 Å². The molecule has 208 valence electrons. The fourth-order valence-corrected chi connectivity index (χ4v) is 5.26. The van der Waals surface area contributed by atoms with Crippen molar-refractivity contribution in [3.05, 3.63) is 52.3 Å². The lowest BCUT2D eigenvalue weighted by Gasteiger charge is -2.31. The molecule has 0 radical (unpaired) electrons. The van der Waals surface area contributed by atoms with Crippen LogP contribution in [0.25, 0.3) is 0 Å². The van der Waals surface area contributed by atoms with Gasteiger partial charge in [-0.15, -0.1) is 0 Å². The normalized spacial score (nSPS) is 20.2. The number of carbonyl (C=O) groups is 2. The Labute approximate surface area is 215 Å². The number of fused-ring (bicyclic) bond motifs is 1. The van der Waals surface area contributed by atoms with Gasteiger partial charge in [0.15, 0.2) is 5.69 Å². The molecule has 38 heavy (non-hydrogen) atoms. The highest BCUT2D eigenvalue weighted by Crippen LogP contribution is 2.37. The molecule has 1 aliphatic heterocycles. The minimum atomic E-state index is -4.70. The third kappa shape index (κ3) is 6.32. The van der Waals surface area contributed by atoms with Gasteiger partial charge in [-0.25, -0.2) is 0 Å². The first kappa shape index (κ1) is 28.0. The molecule has 2 aliphatic rings. The molecule has 2 aromatic rings. The van der Waals surface area contributed by atoms with Gasteiger partial charge in [-0.2, -0.15) is 31.4 Å². The molecule has 2 heterocycles. The molecule has 0 N–H and O–H groups in total. The van der Waals surface area contributed by atoms with E-state index in [1.165, 1.54) is 17.0 Å². The Morgan fingerprint density at radius 1 is 1.00 bits per heavy atom. The maximum atomic E-state index is 13.7. The van der Waals surface area contributed by atoms with Crippen molar-refractivity contribution in [2.24, 2.45) is 11.8 Å². The first-order valence-electron chi connectivity index (χ1n) is 12.6. The quantitative estimate of drug-likeness (QED) is 0.350. The molecule has 1 saturated carbocycles. The Balaban J connectivity index is 1.46. The molecule has 4 rings (SSSR count). The van der Waals surface area contributed by atoms with Crippen LogP contribution < -0.4 is 0 Å². The van der Waals surface area contributed by atoms with Gasteiger partial charge in [0.1, 0.15) is 0 Å². The van der Waals surface area contributed by atoms with Crippen molar-refractivity contribution in [2.75, 3.05) is 13.2 Å². The molecule has 12 heteroatoms. The van der Waals surface area contributed by atoms with Crippen LogP contribution in [0.15, 0.2) is 24.3 Å². The van der Waals surface area contributed by atoms with Gasteiger partial charge in [-0.3, -0.25) is 14.3 Å². The summed E-state index contributed by atoms with van der Waals surface area (Å²) in [6.45, 7) is 1.98. The average Bonchev–Trinajstić information content (AvgIpc) is 3.22. The number of rotatable bonds is 6.